The Balaban J connectivity index is 1.92. The average molecular weight is 283 g/mol. The van der Waals surface area contributed by atoms with Crippen molar-refractivity contribution < 1.29 is 9.90 Å². The van der Waals surface area contributed by atoms with Gasteiger partial charge in [0.15, 0.2) is 0 Å². The molecule has 0 aliphatic heterocycles. The topological polar surface area (TPSA) is 75.1 Å². The lowest BCUT2D eigenvalue weighted by Gasteiger charge is -2.05. The van der Waals surface area contributed by atoms with Crippen LogP contribution >= 0.6 is 23.5 Å². The highest BCUT2D eigenvalue weighted by Gasteiger charge is 2.08. The number of nitrogens with one attached hydrogen (secondary N) is 1. The number of fused-ring (bicyclic) bond motifs is 1. The Labute approximate surface area is 113 Å². The number of hydrogen-bond donors (Lipinski definition) is 2. The molecule has 0 saturated heterocycles. The Morgan fingerprint density at radius 2 is 2.33 bits per heavy atom. The number of anilines is 1. The molecule has 0 aliphatic carbocycles. The number of nitrogens with zero attached hydrogens (tertiary/aromatic N) is 2. The van der Waals surface area contributed by atoms with Crippen molar-refractivity contribution in [1.29, 1.82) is 0 Å². The summed E-state index contributed by atoms with van der Waals surface area (Å²) in [5, 5.41) is 11.5. The summed E-state index contributed by atoms with van der Waals surface area (Å²) >= 11 is 2.64. The summed E-state index contributed by atoms with van der Waals surface area (Å²) in [6, 6.07) is 5.53. The normalized spacial score (nSPS) is 10.7. The fraction of sp³-hybridized carbons (Fsp3) is 0.364. The van der Waals surface area contributed by atoms with Gasteiger partial charge >= 0.3 is 0 Å². The van der Waals surface area contributed by atoms with Crippen LogP contribution < -0.4 is 5.32 Å². The van der Waals surface area contributed by atoms with E-state index in [0.717, 1.165) is 28.5 Å². The van der Waals surface area contributed by atoms with Gasteiger partial charge < -0.3 is 10.4 Å². The van der Waals surface area contributed by atoms with E-state index < -0.39 is 0 Å². The molecule has 0 saturated carbocycles. The van der Waals surface area contributed by atoms with Crippen LogP contribution in [0, 0.1) is 0 Å². The van der Waals surface area contributed by atoms with E-state index in [9.17, 15) is 4.79 Å². The summed E-state index contributed by atoms with van der Waals surface area (Å²) in [6.45, 7) is 0.165. The van der Waals surface area contributed by atoms with Crippen LogP contribution in [0.1, 0.15) is 6.42 Å². The number of carbonyl (C=O) groups excluding carboxylic acids is 1. The second-order valence-corrected chi connectivity index (χ2v) is 5.25. The molecule has 0 atom stereocenters. The van der Waals surface area contributed by atoms with Crippen LogP contribution in [-0.2, 0) is 4.79 Å². The van der Waals surface area contributed by atoms with Crippen LogP contribution in [0.3, 0.4) is 0 Å². The Bertz CT molecular complexity index is 530. The number of carbonyl (C=O) groups is 1. The van der Waals surface area contributed by atoms with Gasteiger partial charge in [-0.3, -0.25) is 4.79 Å². The molecule has 0 fully saturated rings. The molecule has 1 aromatic carbocycles. The summed E-state index contributed by atoms with van der Waals surface area (Å²) in [7, 11) is 0. The Morgan fingerprint density at radius 3 is 3.17 bits per heavy atom. The quantitative estimate of drug-likeness (QED) is 0.790. The highest BCUT2D eigenvalue weighted by Crippen LogP contribution is 2.21. The van der Waals surface area contributed by atoms with E-state index in [4.69, 9.17) is 5.11 Å². The minimum absolute atomic E-state index is 0.0570. The number of amides is 1. The maximum atomic E-state index is 11.7. The van der Waals surface area contributed by atoms with Crippen molar-refractivity contribution in [1.82, 2.24) is 8.75 Å². The lowest BCUT2D eigenvalue weighted by molar-refractivity contribution is -0.113. The molecule has 0 unspecified atom stereocenters. The number of aliphatic hydroxyl groups excluding tert-OH is 1. The largest absolute Gasteiger partial charge is 0.396 e. The molecule has 0 bridgehead atoms. The number of thioether (sulfide) groups is 1. The summed E-state index contributed by atoms with van der Waals surface area (Å²) in [5.41, 5.74) is 2.23. The summed E-state index contributed by atoms with van der Waals surface area (Å²) < 4.78 is 8.28. The summed E-state index contributed by atoms with van der Waals surface area (Å²) in [4.78, 5) is 11.7. The number of rotatable bonds is 6. The van der Waals surface area contributed by atoms with E-state index >= 15 is 0 Å². The van der Waals surface area contributed by atoms with Gasteiger partial charge in [-0.05, 0) is 24.3 Å². The van der Waals surface area contributed by atoms with Gasteiger partial charge in [0.1, 0.15) is 11.0 Å². The minimum Gasteiger partial charge on any atom is -0.396 e. The van der Waals surface area contributed by atoms with E-state index in [0.29, 0.717) is 17.9 Å². The van der Waals surface area contributed by atoms with Crippen LogP contribution in [0.4, 0.5) is 5.69 Å². The zero-order valence-electron chi connectivity index (χ0n) is 9.63. The van der Waals surface area contributed by atoms with Crippen molar-refractivity contribution >= 4 is 46.1 Å². The number of hydrogen-bond acceptors (Lipinski definition) is 6. The molecule has 7 heteroatoms. The van der Waals surface area contributed by atoms with Gasteiger partial charge in [-0.15, -0.1) is 0 Å². The predicted molar refractivity (Wildman–Crippen MR) is 75.1 cm³/mol. The molecular formula is C11H13N3O2S2. The average Bonchev–Trinajstić information content (AvgIpc) is 2.84. The molecule has 96 valence electrons. The first kappa shape index (κ1) is 13.3. The lowest BCUT2D eigenvalue weighted by Crippen LogP contribution is -2.14. The molecule has 2 N–H and O–H groups in total. The van der Waals surface area contributed by atoms with Crippen LogP contribution in [0.2, 0.25) is 0 Å². The second kappa shape index (κ2) is 6.67. The van der Waals surface area contributed by atoms with Crippen molar-refractivity contribution in [3.63, 3.8) is 0 Å². The molecule has 0 aliphatic rings. The fourth-order valence-corrected chi connectivity index (χ4v) is 2.71. The molecule has 2 aromatic rings. The third-order valence-corrected chi connectivity index (χ3v) is 3.83. The second-order valence-electron chi connectivity index (χ2n) is 3.62. The van der Waals surface area contributed by atoms with E-state index in [1.165, 1.54) is 11.8 Å². The van der Waals surface area contributed by atoms with Gasteiger partial charge in [-0.1, -0.05) is 6.07 Å². The van der Waals surface area contributed by atoms with Crippen molar-refractivity contribution in [2.24, 2.45) is 0 Å². The maximum absolute atomic E-state index is 11.7. The highest BCUT2D eigenvalue weighted by atomic mass is 32.2. The smallest absolute Gasteiger partial charge is 0.234 e. The summed E-state index contributed by atoms with van der Waals surface area (Å²) in [6.07, 6.45) is 0.712. The highest BCUT2D eigenvalue weighted by molar-refractivity contribution is 7.99. The molecule has 1 amide bonds. The number of benzene rings is 1. The van der Waals surface area contributed by atoms with E-state index in [2.05, 4.69) is 14.1 Å². The zero-order chi connectivity index (χ0) is 12.8. The zero-order valence-corrected chi connectivity index (χ0v) is 11.3. The third kappa shape index (κ3) is 3.41. The van der Waals surface area contributed by atoms with Gasteiger partial charge in [0, 0.05) is 6.61 Å². The molecule has 1 aromatic heterocycles. The molecule has 0 radical (unpaired) electrons. The fourth-order valence-electron chi connectivity index (χ4n) is 1.42. The SMILES string of the molecule is O=C(CSCCCO)Nc1cccc2nsnc12. The molecule has 0 spiro atoms. The first-order valence-corrected chi connectivity index (χ1v) is 7.39. The van der Waals surface area contributed by atoms with Gasteiger partial charge in [-0.25, -0.2) is 0 Å². The van der Waals surface area contributed by atoms with Crippen molar-refractivity contribution in [2.75, 3.05) is 23.4 Å². The Morgan fingerprint density at radius 1 is 1.44 bits per heavy atom. The number of aromatic nitrogens is 2. The molecular weight excluding hydrogens is 270 g/mol. The monoisotopic (exact) mass is 283 g/mol. The lowest BCUT2D eigenvalue weighted by atomic mass is 10.2. The number of aliphatic hydroxyl groups is 1. The van der Waals surface area contributed by atoms with Crippen LogP contribution in [0.25, 0.3) is 11.0 Å². The van der Waals surface area contributed by atoms with E-state index in [-0.39, 0.29) is 12.5 Å². The molecule has 5 nitrogen and oxygen atoms in total. The van der Waals surface area contributed by atoms with Gasteiger partial charge in [-0.2, -0.15) is 20.5 Å². The van der Waals surface area contributed by atoms with Crippen molar-refractivity contribution in [3.05, 3.63) is 18.2 Å². The van der Waals surface area contributed by atoms with E-state index in [1.807, 2.05) is 18.2 Å². The van der Waals surface area contributed by atoms with Crippen molar-refractivity contribution in [3.8, 4) is 0 Å². The van der Waals surface area contributed by atoms with Crippen molar-refractivity contribution in [2.45, 2.75) is 6.42 Å². The first-order valence-electron chi connectivity index (χ1n) is 5.51. The van der Waals surface area contributed by atoms with Crippen LogP contribution in [0.15, 0.2) is 18.2 Å². The maximum Gasteiger partial charge on any atom is 0.234 e. The van der Waals surface area contributed by atoms with Crippen LogP contribution in [0.5, 0.6) is 0 Å². The standard InChI is InChI=1S/C11H13N3O2S2/c15-5-2-6-17-7-10(16)12-8-3-1-4-9-11(8)14-18-13-9/h1,3-4,15H,2,5-7H2,(H,12,16). The van der Waals surface area contributed by atoms with Gasteiger partial charge in [0.05, 0.1) is 23.2 Å². The Hall–Kier alpha value is -1.18. The molecule has 2 rings (SSSR count). The predicted octanol–water partition coefficient (Wildman–Crippen LogP) is 1.75. The Kier molecular flexibility index (Phi) is 4.91. The van der Waals surface area contributed by atoms with E-state index in [1.54, 1.807) is 0 Å². The molecule has 18 heavy (non-hydrogen) atoms. The minimum atomic E-state index is -0.0570. The van der Waals surface area contributed by atoms with Crippen LogP contribution in [-0.4, -0.2) is 37.9 Å². The summed E-state index contributed by atoms with van der Waals surface area (Å²) in [5.74, 6) is 1.11. The third-order valence-electron chi connectivity index (χ3n) is 2.24. The van der Waals surface area contributed by atoms with Gasteiger partial charge in [0.25, 0.3) is 0 Å². The molecule has 1 heterocycles. The van der Waals surface area contributed by atoms with Gasteiger partial charge in [0.2, 0.25) is 5.91 Å². The first-order chi connectivity index (χ1) is 8.81.